The summed E-state index contributed by atoms with van der Waals surface area (Å²) in [6, 6.07) is 6.44. The van der Waals surface area contributed by atoms with E-state index >= 15 is 0 Å². The number of pyridine rings is 1. The SMILES string of the molecule is Cc1nn(C)c(C)c1CCC(=O)N1C[C@@H]2CC[C@H]1CN(Cc1ccccn1)C2. The van der Waals surface area contributed by atoms with E-state index in [-0.39, 0.29) is 0 Å². The van der Waals surface area contributed by atoms with Gasteiger partial charge in [0.1, 0.15) is 0 Å². The lowest BCUT2D eigenvalue weighted by Crippen LogP contribution is -2.47. The molecule has 2 aromatic heterocycles. The number of carbonyl (C=O) groups excluding carboxylic acids is 1. The van der Waals surface area contributed by atoms with Crippen LogP contribution >= 0.6 is 0 Å². The van der Waals surface area contributed by atoms with Crippen molar-refractivity contribution in [1.29, 1.82) is 0 Å². The maximum Gasteiger partial charge on any atom is 0.223 e. The van der Waals surface area contributed by atoms with Gasteiger partial charge in [0, 0.05) is 57.6 Å². The molecular formula is C22H31N5O. The smallest absolute Gasteiger partial charge is 0.223 e. The Morgan fingerprint density at radius 1 is 1.18 bits per heavy atom. The summed E-state index contributed by atoms with van der Waals surface area (Å²) < 4.78 is 1.92. The van der Waals surface area contributed by atoms with E-state index in [9.17, 15) is 4.79 Å². The van der Waals surface area contributed by atoms with Gasteiger partial charge < -0.3 is 4.90 Å². The minimum atomic E-state index is 0.303. The average Bonchev–Trinajstić information content (AvgIpc) is 2.86. The van der Waals surface area contributed by atoms with Crippen molar-refractivity contribution in [3.8, 4) is 0 Å². The van der Waals surface area contributed by atoms with E-state index in [0.717, 1.165) is 50.4 Å². The number of amides is 1. The number of piperidine rings is 1. The summed E-state index contributed by atoms with van der Waals surface area (Å²) in [5.41, 5.74) is 4.56. The van der Waals surface area contributed by atoms with E-state index < -0.39 is 0 Å². The number of hydrogen-bond donors (Lipinski definition) is 0. The van der Waals surface area contributed by atoms with Crippen molar-refractivity contribution in [3.63, 3.8) is 0 Å². The van der Waals surface area contributed by atoms with Crippen LogP contribution in [0, 0.1) is 19.8 Å². The van der Waals surface area contributed by atoms with Crippen molar-refractivity contribution < 1.29 is 4.79 Å². The Morgan fingerprint density at radius 3 is 2.75 bits per heavy atom. The van der Waals surface area contributed by atoms with Gasteiger partial charge in [0.15, 0.2) is 0 Å². The third kappa shape index (κ3) is 3.97. The molecule has 2 aromatic rings. The van der Waals surface area contributed by atoms with Crippen LogP contribution < -0.4 is 0 Å². The van der Waals surface area contributed by atoms with Crippen molar-refractivity contribution in [2.45, 2.75) is 52.1 Å². The summed E-state index contributed by atoms with van der Waals surface area (Å²) in [7, 11) is 1.97. The van der Waals surface area contributed by atoms with Crippen LogP contribution in [0.5, 0.6) is 0 Å². The number of aryl methyl sites for hydroxylation is 2. The molecular weight excluding hydrogens is 350 g/mol. The molecule has 1 amide bonds. The van der Waals surface area contributed by atoms with E-state index in [1.807, 2.05) is 37.0 Å². The molecule has 2 atom stereocenters. The minimum Gasteiger partial charge on any atom is -0.338 e. The quantitative estimate of drug-likeness (QED) is 0.799. The molecule has 0 N–H and O–H groups in total. The summed E-state index contributed by atoms with van der Waals surface area (Å²) >= 11 is 0. The first kappa shape index (κ1) is 19.1. The number of nitrogens with zero attached hydrogens (tertiary/aromatic N) is 5. The Morgan fingerprint density at radius 2 is 2.04 bits per heavy atom. The van der Waals surface area contributed by atoms with Gasteiger partial charge in [-0.05, 0) is 56.7 Å². The lowest BCUT2D eigenvalue weighted by molar-refractivity contribution is -0.135. The molecule has 28 heavy (non-hydrogen) atoms. The third-order valence-electron chi connectivity index (χ3n) is 6.47. The van der Waals surface area contributed by atoms with Crippen molar-refractivity contribution in [1.82, 2.24) is 24.6 Å². The Hall–Kier alpha value is -2.21. The van der Waals surface area contributed by atoms with Gasteiger partial charge in [0.25, 0.3) is 0 Å². The second-order valence-corrected chi connectivity index (χ2v) is 8.43. The number of rotatable bonds is 5. The van der Waals surface area contributed by atoms with E-state index in [1.165, 1.54) is 17.7 Å². The summed E-state index contributed by atoms with van der Waals surface area (Å²) in [6.07, 6.45) is 5.58. The number of carbonyl (C=O) groups is 1. The Balaban J connectivity index is 1.39. The highest BCUT2D eigenvalue weighted by Gasteiger charge is 2.37. The van der Waals surface area contributed by atoms with Gasteiger partial charge in [0.05, 0.1) is 11.4 Å². The molecule has 3 aliphatic rings. The van der Waals surface area contributed by atoms with Crippen LogP contribution in [0.1, 0.15) is 41.9 Å². The Bertz CT molecular complexity index is 831. The normalized spacial score (nSPS) is 22.5. The fourth-order valence-corrected chi connectivity index (χ4v) is 4.89. The van der Waals surface area contributed by atoms with E-state index in [1.54, 1.807) is 0 Å². The maximum absolute atomic E-state index is 13.1. The highest BCUT2D eigenvalue weighted by atomic mass is 16.2. The molecule has 0 spiro atoms. The highest BCUT2D eigenvalue weighted by molar-refractivity contribution is 5.77. The van der Waals surface area contributed by atoms with Crippen molar-refractivity contribution in [3.05, 3.63) is 47.0 Å². The molecule has 0 unspecified atom stereocenters. The van der Waals surface area contributed by atoms with Gasteiger partial charge in [0.2, 0.25) is 5.91 Å². The summed E-state index contributed by atoms with van der Waals surface area (Å²) in [5, 5.41) is 4.48. The topological polar surface area (TPSA) is 54.3 Å². The van der Waals surface area contributed by atoms with Crippen LogP contribution in [0.4, 0.5) is 0 Å². The fraction of sp³-hybridized carbons (Fsp3) is 0.591. The zero-order valence-electron chi connectivity index (χ0n) is 17.3. The molecule has 0 radical (unpaired) electrons. The molecule has 3 fully saturated rings. The van der Waals surface area contributed by atoms with E-state index in [4.69, 9.17) is 0 Å². The largest absolute Gasteiger partial charge is 0.338 e. The van der Waals surface area contributed by atoms with Crippen LogP contribution in [0.15, 0.2) is 24.4 Å². The predicted molar refractivity (Wildman–Crippen MR) is 109 cm³/mol. The zero-order chi connectivity index (χ0) is 19.7. The second kappa shape index (κ2) is 8.03. The van der Waals surface area contributed by atoms with Gasteiger partial charge in [-0.1, -0.05) is 6.07 Å². The number of hydrogen-bond acceptors (Lipinski definition) is 4. The van der Waals surface area contributed by atoms with Crippen LogP contribution in [0.3, 0.4) is 0 Å². The Labute approximate surface area is 167 Å². The molecule has 0 saturated carbocycles. The fourth-order valence-electron chi connectivity index (χ4n) is 4.89. The average molecular weight is 382 g/mol. The lowest BCUT2D eigenvalue weighted by atomic mass is 9.94. The van der Waals surface area contributed by atoms with Crippen molar-refractivity contribution in [2.75, 3.05) is 19.6 Å². The second-order valence-electron chi connectivity index (χ2n) is 8.43. The Kier molecular flexibility index (Phi) is 5.49. The van der Waals surface area contributed by atoms with Crippen LogP contribution in [-0.2, 0) is 24.8 Å². The van der Waals surface area contributed by atoms with E-state index in [0.29, 0.717) is 24.3 Å². The predicted octanol–water partition coefficient (Wildman–Crippen LogP) is 2.49. The van der Waals surface area contributed by atoms with Crippen LogP contribution in [0.2, 0.25) is 0 Å². The highest BCUT2D eigenvalue weighted by Crippen LogP contribution is 2.29. The first-order chi connectivity index (χ1) is 13.5. The molecule has 6 heteroatoms. The van der Waals surface area contributed by atoms with Crippen molar-refractivity contribution >= 4 is 5.91 Å². The van der Waals surface area contributed by atoms with Gasteiger partial charge in [-0.2, -0.15) is 5.10 Å². The van der Waals surface area contributed by atoms with Crippen LogP contribution in [0.25, 0.3) is 0 Å². The minimum absolute atomic E-state index is 0.303. The lowest BCUT2D eigenvalue weighted by Gasteiger charge is -2.36. The monoisotopic (exact) mass is 381 g/mol. The first-order valence-corrected chi connectivity index (χ1v) is 10.4. The van der Waals surface area contributed by atoms with Gasteiger partial charge in [-0.15, -0.1) is 0 Å². The molecule has 2 bridgehead atoms. The first-order valence-electron chi connectivity index (χ1n) is 10.4. The van der Waals surface area contributed by atoms with Crippen LogP contribution in [-0.4, -0.2) is 56.1 Å². The van der Waals surface area contributed by atoms with Gasteiger partial charge in [-0.3, -0.25) is 19.4 Å². The van der Waals surface area contributed by atoms with Crippen molar-refractivity contribution in [2.24, 2.45) is 13.0 Å². The molecule has 5 heterocycles. The molecule has 3 aliphatic heterocycles. The summed E-state index contributed by atoms with van der Waals surface area (Å²) in [4.78, 5) is 22.2. The number of aromatic nitrogens is 3. The summed E-state index contributed by atoms with van der Waals surface area (Å²) in [5.74, 6) is 0.880. The molecule has 6 nitrogen and oxygen atoms in total. The molecule has 3 saturated heterocycles. The zero-order valence-corrected chi connectivity index (χ0v) is 17.3. The van der Waals surface area contributed by atoms with Gasteiger partial charge >= 0.3 is 0 Å². The molecule has 150 valence electrons. The summed E-state index contributed by atoms with van der Waals surface area (Å²) in [6.45, 7) is 7.94. The molecule has 0 aliphatic carbocycles. The van der Waals surface area contributed by atoms with E-state index in [2.05, 4.69) is 32.9 Å². The third-order valence-corrected chi connectivity index (χ3v) is 6.47. The molecule has 5 rings (SSSR count). The number of fused-ring (bicyclic) bond motifs is 4. The van der Waals surface area contributed by atoms with Gasteiger partial charge in [-0.25, -0.2) is 0 Å². The molecule has 0 aromatic carbocycles. The standard InChI is InChI=1S/C22H31N5O/c1-16-21(17(2)25(3)24-16)9-10-22(28)27-13-18-7-8-20(27)15-26(12-18)14-19-6-4-5-11-23-19/h4-6,11,18,20H,7-10,12-15H2,1-3H3/t18-,20+/m1/s1. The maximum atomic E-state index is 13.1.